The van der Waals surface area contributed by atoms with Gasteiger partial charge >= 0.3 is 0 Å². The lowest BCUT2D eigenvalue weighted by Gasteiger charge is -2.03. The Morgan fingerprint density at radius 1 is 0.923 bits per heavy atom. The number of hydrogen-bond donors (Lipinski definition) is 0. The van der Waals surface area contributed by atoms with Crippen molar-refractivity contribution in [3.63, 3.8) is 0 Å². The molecule has 0 bridgehead atoms. The van der Waals surface area contributed by atoms with Gasteiger partial charge in [-0.05, 0) is 44.2 Å². The molecule has 0 amide bonds. The van der Waals surface area contributed by atoms with Crippen LogP contribution in [-0.2, 0) is 0 Å². The first-order valence-corrected chi connectivity index (χ1v) is 8.35. The van der Waals surface area contributed by atoms with Crippen LogP contribution in [0, 0.1) is 13.8 Å². The molecule has 4 heteroatoms. The Hall–Kier alpha value is -3.40. The van der Waals surface area contributed by atoms with Crippen LogP contribution in [0.5, 0.6) is 0 Å². The number of Topliss-reactive ketones (excluding diaryl/α,β-unsaturated/α-hetero) is 1. The largest absolute Gasteiger partial charge is 0.462 e. The van der Waals surface area contributed by atoms with Gasteiger partial charge in [-0.2, -0.15) is 0 Å². The summed E-state index contributed by atoms with van der Waals surface area (Å²) < 4.78 is 11.5. The van der Waals surface area contributed by atoms with Crippen LogP contribution in [0.1, 0.15) is 33.3 Å². The Morgan fingerprint density at radius 2 is 1.69 bits per heavy atom. The number of rotatable bonds is 4. The molecule has 0 aliphatic heterocycles. The molecule has 0 aliphatic rings. The molecule has 0 N–H and O–H groups in total. The van der Waals surface area contributed by atoms with Gasteiger partial charge in [-0.25, -0.2) is 4.98 Å². The third kappa shape index (κ3) is 3.09. The number of furan rings is 1. The lowest BCUT2D eigenvalue weighted by atomic mass is 10.0. The zero-order valence-electron chi connectivity index (χ0n) is 14.5. The van der Waals surface area contributed by atoms with Gasteiger partial charge in [0.05, 0.1) is 5.57 Å². The van der Waals surface area contributed by atoms with Gasteiger partial charge in [0, 0.05) is 5.56 Å². The molecule has 2 aromatic carbocycles. The van der Waals surface area contributed by atoms with E-state index >= 15 is 0 Å². The Bertz CT molecular complexity index is 1080. The highest BCUT2D eigenvalue weighted by Gasteiger charge is 2.20. The number of allylic oxidation sites excluding steroid dienone is 1. The van der Waals surface area contributed by atoms with Crippen molar-refractivity contribution in [1.29, 1.82) is 0 Å². The first kappa shape index (κ1) is 16.1. The summed E-state index contributed by atoms with van der Waals surface area (Å²) in [7, 11) is 0. The van der Waals surface area contributed by atoms with Crippen molar-refractivity contribution in [3.8, 4) is 0 Å². The van der Waals surface area contributed by atoms with E-state index in [2.05, 4.69) is 4.98 Å². The zero-order chi connectivity index (χ0) is 18.1. The van der Waals surface area contributed by atoms with Gasteiger partial charge in [0.25, 0.3) is 0 Å². The maximum Gasteiger partial charge on any atom is 0.231 e. The highest BCUT2D eigenvalue weighted by atomic mass is 16.4. The van der Waals surface area contributed by atoms with E-state index in [1.807, 2.05) is 74.5 Å². The number of para-hydroxylation sites is 2. The summed E-state index contributed by atoms with van der Waals surface area (Å²) in [6.45, 7) is 3.84. The van der Waals surface area contributed by atoms with Crippen molar-refractivity contribution in [2.24, 2.45) is 0 Å². The maximum absolute atomic E-state index is 13.1. The van der Waals surface area contributed by atoms with Crippen LogP contribution < -0.4 is 0 Å². The number of nitrogens with zero attached hydrogens (tertiary/aromatic N) is 1. The molecule has 128 valence electrons. The number of ketones is 1. The normalized spacial score (nSPS) is 11.8. The number of carbonyl (C=O) groups excluding carboxylic acids is 1. The lowest BCUT2D eigenvalue weighted by molar-refractivity contribution is 0.105. The third-order valence-corrected chi connectivity index (χ3v) is 4.13. The smallest absolute Gasteiger partial charge is 0.231 e. The SMILES string of the molecule is Cc1ccc(C(=O)C(=Cc2ccc(C)o2)c2nc3ccccc3o2)cc1. The molecule has 0 aliphatic carbocycles. The molecular weight excluding hydrogens is 326 g/mol. The highest BCUT2D eigenvalue weighted by Crippen LogP contribution is 2.26. The number of carbonyl (C=O) groups is 1. The summed E-state index contributed by atoms with van der Waals surface area (Å²) in [6, 6.07) is 18.6. The molecule has 0 saturated heterocycles. The van der Waals surface area contributed by atoms with E-state index in [4.69, 9.17) is 8.83 Å². The molecule has 4 nitrogen and oxygen atoms in total. The summed E-state index contributed by atoms with van der Waals surface area (Å²) in [5, 5.41) is 0. The number of fused-ring (bicyclic) bond motifs is 1. The summed E-state index contributed by atoms with van der Waals surface area (Å²) in [4.78, 5) is 17.6. The average Bonchev–Trinajstić information content (AvgIpc) is 3.25. The summed E-state index contributed by atoms with van der Waals surface area (Å²) >= 11 is 0. The Kier molecular flexibility index (Phi) is 4.01. The quantitative estimate of drug-likeness (QED) is 0.365. The molecule has 0 unspecified atom stereocenters. The molecule has 0 atom stereocenters. The van der Waals surface area contributed by atoms with Crippen LogP contribution in [0.4, 0.5) is 0 Å². The van der Waals surface area contributed by atoms with Gasteiger partial charge in [0.15, 0.2) is 11.4 Å². The molecule has 4 rings (SSSR count). The fourth-order valence-corrected chi connectivity index (χ4v) is 2.75. The average molecular weight is 343 g/mol. The third-order valence-electron chi connectivity index (χ3n) is 4.13. The lowest BCUT2D eigenvalue weighted by Crippen LogP contribution is -2.03. The monoisotopic (exact) mass is 343 g/mol. The second-order valence-electron chi connectivity index (χ2n) is 6.19. The van der Waals surface area contributed by atoms with E-state index in [0.29, 0.717) is 28.0 Å². The topological polar surface area (TPSA) is 56.2 Å². The standard InChI is InChI=1S/C22H17NO3/c1-14-7-10-16(11-8-14)21(24)18(13-17-12-9-15(2)25-17)22-23-19-5-3-4-6-20(19)26-22/h3-13H,1-2H3. The molecule has 0 fully saturated rings. The van der Waals surface area contributed by atoms with Gasteiger partial charge in [0.1, 0.15) is 17.0 Å². The van der Waals surface area contributed by atoms with Crippen molar-refractivity contribution < 1.29 is 13.6 Å². The fraction of sp³-hybridized carbons (Fsp3) is 0.0909. The first-order valence-electron chi connectivity index (χ1n) is 8.35. The Balaban J connectivity index is 1.84. The van der Waals surface area contributed by atoms with E-state index in [9.17, 15) is 4.79 Å². The molecular formula is C22H17NO3. The van der Waals surface area contributed by atoms with Gasteiger partial charge in [-0.15, -0.1) is 0 Å². The van der Waals surface area contributed by atoms with Gasteiger partial charge in [-0.1, -0.05) is 42.0 Å². The minimum absolute atomic E-state index is 0.161. The minimum atomic E-state index is -0.161. The van der Waals surface area contributed by atoms with Crippen molar-refractivity contribution in [2.75, 3.05) is 0 Å². The van der Waals surface area contributed by atoms with Gasteiger partial charge < -0.3 is 8.83 Å². The van der Waals surface area contributed by atoms with Crippen molar-refractivity contribution >= 4 is 28.5 Å². The first-order chi connectivity index (χ1) is 12.6. The predicted molar refractivity (Wildman–Crippen MR) is 101 cm³/mol. The van der Waals surface area contributed by atoms with E-state index in [1.165, 1.54) is 0 Å². The van der Waals surface area contributed by atoms with E-state index in [0.717, 1.165) is 11.3 Å². The number of oxazole rings is 1. The molecule has 2 heterocycles. The van der Waals surface area contributed by atoms with Crippen LogP contribution in [-0.4, -0.2) is 10.8 Å². The van der Waals surface area contributed by atoms with Crippen LogP contribution in [0.25, 0.3) is 22.7 Å². The van der Waals surface area contributed by atoms with Gasteiger partial charge in [-0.3, -0.25) is 4.79 Å². The van der Waals surface area contributed by atoms with Crippen LogP contribution >= 0.6 is 0 Å². The van der Waals surface area contributed by atoms with Crippen molar-refractivity contribution in [2.45, 2.75) is 13.8 Å². The van der Waals surface area contributed by atoms with Crippen molar-refractivity contribution in [1.82, 2.24) is 4.98 Å². The number of aryl methyl sites for hydroxylation is 2. The highest BCUT2D eigenvalue weighted by molar-refractivity contribution is 6.31. The van der Waals surface area contributed by atoms with E-state index in [-0.39, 0.29) is 11.7 Å². The summed E-state index contributed by atoms with van der Waals surface area (Å²) in [5.41, 5.74) is 3.38. The molecule has 2 aromatic heterocycles. The minimum Gasteiger partial charge on any atom is -0.462 e. The molecule has 26 heavy (non-hydrogen) atoms. The second-order valence-corrected chi connectivity index (χ2v) is 6.19. The maximum atomic E-state index is 13.1. The number of benzene rings is 2. The van der Waals surface area contributed by atoms with Crippen LogP contribution in [0.15, 0.2) is 69.5 Å². The van der Waals surface area contributed by atoms with Crippen LogP contribution in [0.3, 0.4) is 0 Å². The number of hydrogen-bond acceptors (Lipinski definition) is 4. The predicted octanol–water partition coefficient (Wildman–Crippen LogP) is 5.46. The zero-order valence-corrected chi connectivity index (χ0v) is 14.5. The Labute approximate surface area is 150 Å². The molecule has 4 aromatic rings. The molecule has 0 saturated carbocycles. The molecule has 0 spiro atoms. The number of aromatic nitrogens is 1. The summed E-state index contributed by atoms with van der Waals surface area (Å²) in [6.07, 6.45) is 1.68. The van der Waals surface area contributed by atoms with Gasteiger partial charge in [0.2, 0.25) is 5.89 Å². The van der Waals surface area contributed by atoms with E-state index < -0.39 is 0 Å². The second kappa shape index (κ2) is 6.48. The fourth-order valence-electron chi connectivity index (χ4n) is 2.75. The summed E-state index contributed by atoms with van der Waals surface area (Å²) in [5.74, 6) is 1.48. The van der Waals surface area contributed by atoms with Crippen LogP contribution in [0.2, 0.25) is 0 Å². The van der Waals surface area contributed by atoms with Crippen molar-refractivity contribution in [3.05, 3.63) is 89.2 Å². The van der Waals surface area contributed by atoms with E-state index in [1.54, 1.807) is 6.08 Å². The Morgan fingerprint density at radius 3 is 2.38 bits per heavy atom. The molecule has 0 radical (unpaired) electrons.